The number of benzene rings is 1. The van der Waals surface area contributed by atoms with E-state index in [4.69, 9.17) is 5.84 Å². The highest BCUT2D eigenvalue weighted by molar-refractivity contribution is 6.07. The van der Waals surface area contributed by atoms with Gasteiger partial charge in [0.25, 0.3) is 5.69 Å². The van der Waals surface area contributed by atoms with E-state index in [2.05, 4.69) is 5.43 Å². The van der Waals surface area contributed by atoms with E-state index in [-0.39, 0.29) is 29.1 Å². The van der Waals surface area contributed by atoms with Crippen LogP contribution in [0, 0.1) is 10.1 Å². The molecule has 3 N–H and O–H groups in total. The smallest absolute Gasteiger partial charge is 0.294 e. The number of ketones is 2. The summed E-state index contributed by atoms with van der Waals surface area (Å²) in [6, 6.07) is 3.80. The molecule has 0 aromatic heterocycles. The minimum absolute atomic E-state index is 0.106. The number of anilines is 1. The van der Waals surface area contributed by atoms with Crippen molar-refractivity contribution in [3.63, 3.8) is 0 Å². The van der Waals surface area contributed by atoms with Crippen LogP contribution in [0.4, 0.5) is 11.4 Å². The van der Waals surface area contributed by atoms with E-state index in [1.54, 1.807) is 0 Å². The molecule has 0 saturated heterocycles. The Morgan fingerprint density at radius 2 is 2.12 bits per heavy atom. The molecule has 0 unspecified atom stereocenters. The van der Waals surface area contributed by atoms with Crippen LogP contribution in [-0.4, -0.2) is 16.5 Å². The summed E-state index contributed by atoms with van der Waals surface area (Å²) in [5.41, 5.74) is 2.08. The Kier molecular flexibility index (Phi) is 3.89. The molecule has 1 rings (SSSR count). The van der Waals surface area contributed by atoms with Crippen LogP contribution in [0.2, 0.25) is 0 Å². The minimum atomic E-state index is -0.653. The van der Waals surface area contributed by atoms with Crippen LogP contribution >= 0.6 is 0 Å². The SMILES string of the molecule is CC(=O)CC(=O)c1ccc(NN)c([N+](=O)[O-])c1. The Hall–Kier alpha value is -2.28. The fourth-order valence-corrected chi connectivity index (χ4v) is 1.31. The van der Waals surface area contributed by atoms with E-state index in [0.717, 1.165) is 6.07 Å². The number of carbonyl (C=O) groups is 2. The third-order valence-corrected chi connectivity index (χ3v) is 2.08. The lowest BCUT2D eigenvalue weighted by atomic mass is 10.1. The van der Waals surface area contributed by atoms with Crippen molar-refractivity contribution in [2.24, 2.45) is 5.84 Å². The van der Waals surface area contributed by atoms with Crippen molar-refractivity contribution in [2.45, 2.75) is 13.3 Å². The molecular formula is C10H11N3O4. The largest absolute Gasteiger partial charge is 0.318 e. The van der Waals surface area contributed by atoms with Crippen molar-refractivity contribution >= 4 is 22.9 Å². The number of carbonyl (C=O) groups excluding carboxylic acids is 2. The molecule has 0 fully saturated rings. The number of nitrogens with two attached hydrogens (primary N) is 1. The topological polar surface area (TPSA) is 115 Å². The molecule has 0 heterocycles. The summed E-state index contributed by atoms with van der Waals surface area (Å²) >= 11 is 0. The molecule has 0 aliphatic heterocycles. The third kappa shape index (κ3) is 3.08. The highest BCUT2D eigenvalue weighted by Crippen LogP contribution is 2.25. The lowest BCUT2D eigenvalue weighted by Gasteiger charge is -2.03. The molecule has 0 spiro atoms. The fraction of sp³-hybridized carbons (Fsp3) is 0.200. The van der Waals surface area contributed by atoms with Crippen LogP contribution in [0.5, 0.6) is 0 Å². The fourth-order valence-electron chi connectivity index (χ4n) is 1.31. The van der Waals surface area contributed by atoms with E-state index in [1.807, 2.05) is 0 Å². The van der Waals surface area contributed by atoms with Gasteiger partial charge in [-0.1, -0.05) is 0 Å². The number of rotatable bonds is 5. The second kappa shape index (κ2) is 5.17. The van der Waals surface area contributed by atoms with E-state index in [0.29, 0.717) is 0 Å². The summed E-state index contributed by atoms with van der Waals surface area (Å²) in [5, 5.41) is 10.7. The van der Waals surface area contributed by atoms with Gasteiger partial charge in [-0.3, -0.25) is 25.5 Å². The Bertz CT molecular complexity index is 484. The first-order valence-electron chi connectivity index (χ1n) is 4.73. The quantitative estimate of drug-likeness (QED) is 0.260. The molecule has 90 valence electrons. The number of hydrogen-bond acceptors (Lipinski definition) is 6. The van der Waals surface area contributed by atoms with E-state index in [9.17, 15) is 19.7 Å². The maximum Gasteiger partial charge on any atom is 0.294 e. The van der Waals surface area contributed by atoms with Crippen LogP contribution in [0.3, 0.4) is 0 Å². The molecule has 0 aliphatic carbocycles. The highest BCUT2D eigenvalue weighted by Gasteiger charge is 2.17. The Morgan fingerprint density at radius 3 is 2.59 bits per heavy atom. The molecule has 0 radical (unpaired) electrons. The van der Waals surface area contributed by atoms with E-state index in [1.165, 1.54) is 19.1 Å². The molecule has 0 bridgehead atoms. The van der Waals surface area contributed by atoms with Crippen molar-refractivity contribution < 1.29 is 14.5 Å². The van der Waals surface area contributed by atoms with Gasteiger partial charge in [-0.05, 0) is 19.1 Å². The molecule has 1 aromatic rings. The first-order valence-corrected chi connectivity index (χ1v) is 4.73. The normalized spacial score (nSPS) is 9.76. The molecule has 0 amide bonds. The first-order chi connectivity index (χ1) is 7.95. The van der Waals surface area contributed by atoms with Gasteiger partial charge in [0.05, 0.1) is 11.3 Å². The summed E-state index contributed by atoms with van der Waals surface area (Å²) in [6.07, 6.45) is -0.271. The molecule has 1 aromatic carbocycles. The summed E-state index contributed by atoms with van der Waals surface area (Å²) in [7, 11) is 0. The molecule has 17 heavy (non-hydrogen) atoms. The maximum absolute atomic E-state index is 11.5. The lowest BCUT2D eigenvalue weighted by molar-refractivity contribution is -0.384. The van der Waals surface area contributed by atoms with Crippen LogP contribution < -0.4 is 11.3 Å². The number of nitrogen functional groups attached to an aromatic ring is 1. The number of nitro benzene ring substituents is 1. The van der Waals surface area contributed by atoms with Gasteiger partial charge in [-0.25, -0.2) is 0 Å². The number of Topliss-reactive ketones (excluding diaryl/α,β-unsaturated/α-hetero) is 2. The van der Waals surface area contributed by atoms with E-state index < -0.39 is 10.7 Å². The van der Waals surface area contributed by atoms with Gasteiger partial charge in [0, 0.05) is 11.6 Å². The molecule has 0 saturated carbocycles. The molecule has 0 atom stereocenters. The average molecular weight is 237 g/mol. The second-order valence-corrected chi connectivity index (χ2v) is 3.44. The molecular weight excluding hydrogens is 226 g/mol. The van der Waals surface area contributed by atoms with Gasteiger partial charge in [0.1, 0.15) is 11.5 Å². The van der Waals surface area contributed by atoms with Gasteiger partial charge in [0.2, 0.25) is 0 Å². The lowest BCUT2D eigenvalue weighted by Crippen LogP contribution is -2.11. The van der Waals surface area contributed by atoms with Crippen LogP contribution in [0.15, 0.2) is 18.2 Å². The Balaban J connectivity index is 3.12. The number of nitro groups is 1. The number of hydrogen-bond donors (Lipinski definition) is 2. The zero-order valence-electron chi connectivity index (χ0n) is 9.10. The summed E-state index contributed by atoms with van der Waals surface area (Å²) < 4.78 is 0. The minimum Gasteiger partial charge on any atom is -0.318 e. The summed E-state index contributed by atoms with van der Waals surface area (Å²) in [5.74, 6) is 4.35. The molecule has 7 nitrogen and oxygen atoms in total. The van der Waals surface area contributed by atoms with Crippen LogP contribution in [-0.2, 0) is 4.79 Å². The number of hydrazine groups is 1. The van der Waals surface area contributed by atoms with Crippen molar-refractivity contribution in [3.05, 3.63) is 33.9 Å². The predicted molar refractivity (Wildman–Crippen MR) is 60.5 cm³/mol. The second-order valence-electron chi connectivity index (χ2n) is 3.44. The monoisotopic (exact) mass is 237 g/mol. The summed E-state index contributed by atoms with van der Waals surface area (Å²) in [6.45, 7) is 1.28. The number of nitrogens with one attached hydrogen (secondary N) is 1. The Morgan fingerprint density at radius 1 is 1.47 bits per heavy atom. The van der Waals surface area contributed by atoms with Crippen molar-refractivity contribution in [3.8, 4) is 0 Å². The molecule has 7 heteroatoms. The third-order valence-electron chi connectivity index (χ3n) is 2.08. The standard InChI is InChI=1S/C10H11N3O4/c1-6(14)4-10(15)7-2-3-8(12-11)9(5-7)13(16)17/h2-3,5,12H,4,11H2,1H3. The molecule has 0 aliphatic rings. The average Bonchev–Trinajstić information content (AvgIpc) is 2.27. The van der Waals surface area contributed by atoms with Crippen LogP contribution in [0.25, 0.3) is 0 Å². The highest BCUT2D eigenvalue weighted by atomic mass is 16.6. The van der Waals surface area contributed by atoms with Crippen LogP contribution in [0.1, 0.15) is 23.7 Å². The van der Waals surface area contributed by atoms with Crippen molar-refractivity contribution in [2.75, 3.05) is 5.43 Å². The zero-order valence-corrected chi connectivity index (χ0v) is 9.10. The van der Waals surface area contributed by atoms with Gasteiger partial charge >= 0.3 is 0 Å². The van der Waals surface area contributed by atoms with Gasteiger partial charge in [-0.2, -0.15) is 0 Å². The first kappa shape index (κ1) is 12.8. The zero-order chi connectivity index (χ0) is 13.0. The van der Waals surface area contributed by atoms with E-state index >= 15 is 0 Å². The maximum atomic E-state index is 11.5. The van der Waals surface area contributed by atoms with Gasteiger partial charge in [0.15, 0.2) is 5.78 Å². The van der Waals surface area contributed by atoms with Crippen molar-refractivity contribution in [1.29, 1.82) is 0 Å². The predicted octanol–water partition coefficient (Wildman–Crippen LogP) is 1.04. The van der Waals surface area contributed by atoms with Gasteiger partial charge in [-0.15, -0.1) is 0 Å². The van der Waals surface area contributed by atoms with Crippen molar-refractivity contribution in [1.82, 2.24) is 0 Å². The Labute approximate surface area is 96.7 Å². The number of nitrogens with zero attached hydrogens (tertiary/aromatic N) is 1. The van der Waals surface area contributed by atoms with Gasteiger partial charge < -0.3 is 5.43 Å². The summed E-state index contributed by atoms with van der Waals surface area (Å²) in [4.78, 5) is 32.4.